The molecule has 0 N–H and O–H groups in total. The summed E-state index contributed by atoms with van der Waals surface area (Å²) in [4.78, 5) is 0. The van der Waals surface area contributed by atoms with Crippen molar-refractivity contribution in [3.63, 3.8) is 0 Å². The number of rotatable bonds is 18. The zero-order chi connectivity index (χ0) is 41.3. The Balaban J connectivity index is 1.28. The maximum absolute atomic E-state index is 5.79. The minimum atomic E-state index is -0.195. The van der Waals surface area contributed by atoms with E-state index in [1.165, 1.54) is 77.9 Å². The first kappa shape index (κ1) is 42.1. The van der Waals surface area contributed by atoms with Crippen LogP contribution in [0.3, 0.4) is 0 Å². The molecule has 5 aromatic rings. The molecule has 306 valence electrons. The fraction of sp³-hybridized carbons (Fsp3) is 0.444. The Bertz CT molecular complexity index is 2050. The van der Waals surface area contributed by atoms with Gasteiger partial charge in [0.1, 0.15) is 0 Å². The molecule has 0 aliphatic heterocycles. The highest BCUT2D eigenvalue weighted by molar-refractivity contribution is 5.86. The fourth-order valence-corrected chi connectivity index (χ4v) is 9.89. The van der Waals surface area contributed by atoms with Crippen molar-refractivity contribution in [2.75, 3.05) is 54.9 Å². The van der Waals surface area contributed by atoms with Gasteiger partial charge in [0, 0.05) is 65.7 Å². The molecule has 58 heavy (non-hydrogen) atoms. The van der Waals surface area contributed by atoms with Crippen molar-refractivity contribution in [2.24, 2.45) is 0 Å². The van der Waals surface area contributed by atoms with E-state index in [1.807, 2.05) is 28.4 Å². The zero-order valence-electron chi connectivity index (χ0n) is 36.9. The Morgan fingerprint density at radius 3 is 0.948 bits per heavy atom. The summed E-state index contributed by atoms with van der Waals surface area (Å²) in [5, 5.41) is 0. The summed E-state index contributed by atoms with van der Waals surface area (Å²) >= 11 is 0. The molecule has 0 unspecified atom stereocenters. The molecule has 0 saturated heterocycles. The molecule has 2 aliphatic carbocycles. The lowest BCUT2D eigenvalue weighted by Crippen LogP contribution is -2.29. The second-order valence-corrected chi connectivity index (χ2v) is 18.2. The number of fused-ring (bicyclic) bond motifs is 6. The molecule has 0 amide bonds. The van der Waals surface area contributed by atoms with Gasteiger partial charge in [-0.25, -0.2) is 0 Å². The highest BCUT2D eigenvalue weighted by Crippen LogP contribution is 2.56. The highest BCUT2D eigenvalue weighted by Gasteiger charge is 2.45. The number of methoxy groups -OCH3 is 4. The minimum absolute atomic E-state index is 0.0957. The topological polar surface area (TPSA) is 36.9 Å². The average molecular weight is 779 g/mol. The van der Waals surface area contributed by atoms with E-state index in [-0.39, 0.29) is 21.7 Å². The van der Waals surface area contributed by atoms with Crippen molar-refractivity contribution < 1.29 is 18.9 Å². The van der Waals surface area contributed by atoms with E-state index in [1.54, 1.807) is 0 Å². The van der Waals surface area contributed by atoms with Gasteiger partial charge in [-0.05, 0) is 139 Å². The van der Waals surface area contributed by atoms with Crippen molar-refractivity contribution >= 4 is 0 Å². The molecule has 0 aromatic heterocycles. The summed E-state index contributed by atoms with van der Waals surface area (Å²) in [5.74, 6) is 0. The predicted octanol–water partition coefficient (Wildman–Crippen LogP) is 13.1. The normalized spacial score (nSPS) is 14.9. The lowest BCUT2D eigenvalue weighted by Gasteiger charge is -2.34. The van der Waals surface area contributed by atoms with Gasteiger partial charge in [-0.15, -0.1) is 0 Å². The molecule has 0 radical (unpaired) electrons. The third kappa shape index (κ3) is 7.29. The third-order valence-electron chi connectivity index (χ3n) is 14.5. The quantitative estimate of drug-likeness (QED) is 0.0888. The van der Waals surface area contributed by atoms with Crippen LogP contribution in [0.1, 0.15) is 113 Å². The Morgan fingerprint density at radius 2 is 0.655 bits per heavy atom. The lowest BCUT2D eigenvalue weighted by molar-refractivity contribution is 0.145. The first-order valence-corrected chi connectivity index (χ1v) is 21.6. The van der Waals surface area contributed by atoms with E-state index in [4.69, 9.17) is 18.9 Å². The largest absolute Gasteiger partial charge is 0.385 e. The molecule has 0 fully saturated rings. The molecule has 7 rings (SSSR count). The van der Waals surface area contributed by atoms with Crippen molar-refractivity contribution in [1.29, 1.82) is 0 Å². The molecule has 4 nitrogen and oxygen atoms in total. The standard InChI is InChI=1S/C54H66O4/c1-11-51(3,4)41-19-23-45-43-21-17-39(33-47(43)53(25-29-55-7,26-30-56-8)49(45)35-41)37-13-15-38(16-14-37)40-18-22-44-46-24-20-42(52(5,6)12-2)36-50(46)54(27-31-57-9,28-32-58-10)48(44)34-40/h13-24,33-36H,11-12,25-32H2,1-10H3. The Kier molecular flexibility index (Phi) is 12.3. The van der Waals surface area contributed by atoms with E-state index >= 15 is 0 Å². The monoisotopic (exact) mass is 778 g/mol. The summed E-state index contributed by atoms with van der Waals surface area (Å²) in [7, 11) is 7.27. The van der Waals surface area contributed by atoms with Crippen LogP contribution in [0.4, 0.5) is 0 Å². The SMILES string of the molecule is CCC(C)(C)c1ccc2c(c1)C(CCOC)(CCOC)c1cc(-c3ccc(-c4ccc5c(c4)C(CCOC)(CCOC)c4cc(C(C)(C)CC)ccc4-5)cc3)ccc1-2. The second-order valence-electron chi connectivity index (χ2n) is 18.2. The van der Waals surface area contributed by atoms with Gasteiger partial charge in [-0.3, -0.25) is 0 Å². The molecule has 4 heteroatoms. The van der Waals surface area contributed by atoms with Gasteiger partial charge in [0.2, 0.25) is 0 Å². The highest BCUT2D eigenvalue weighted by atomic mass is 16.5. The van der Waals surface area contributed by atoms with Crippen LogP contribution in [0, 0.1) is 0 Å². The molecular weight excluding hydrogens is 713 g/mol. The molecular formula is C54H66O4. The Hall–Kier alpha value is -4.06. The van der Waals surface area contributed by atoms with E-state index < -0.39 is 0 Å². The van der Waals surface area contributed by atoms with Crippen molar-refractivity contribution in [2.45, 2.75) is 102 Å². The maximum Gasteiger partial charge on any atom is 0.0474 e. The average Bonchev–Trinajstić information content (AvgIpc) is 3.68. The zero-order valence-corrected chi connectivity index (χ0v) is 36.9. The van der Waals surface area contributed by atoms with Gasteiger partial charge < -0.3 is 18.9 Å². The molecule has 0 bridgehead atoms. The molecule has 0 atom stereocenters. The van der Waals surface area contributed by atoms with E-state index in [9.17, 15) is 0 Å². The second kappa shape index (κ2) is 16.9. The van der Waals surface area contributed by atoms with Gasteiger partial charge in [-0.2, -0.15) is 0 Å². The van der Waals surface area contributed by atoms with Crippen LogP contribution in [0.25, 0.3) is 44.5 Å². The first-order valence-electron chi connectivity index (χ1n) is 21.6. The van der Waals surface area contributed by atoms with E-state index in [0.29, 0.717) is 26.4 Å². The van der Waals surface area contributed by atoms with Crippen LogP contribution in [0.15, 0.2) is 97.1 Å². The Labute approximate surface area is 349 Å². The molecule has 0 heterocycles. The van der Waals surface area contributed by atoms with Crippen LogP contribution < -0.4 is 0 Å². The smallest absolute Gasteiger partial charge is 0.0474 e. The van der Waals surface area contributed by atoms with Crippen LogP contribution in [-0.2, 0) is 40.6 Å². The van der Waals surface area contributed by atoms with Crippen molar-refractivity contribution in [3.05, 3.63) is 130 Å². The first-order chi connectivity index (χ1) is 27.9. The number of benzene rings is 5. The number of hydrogen-bond acceptors (Lipinski definition) is 4. The summed E-state index contributed by atoms with van der Waals surface area (Å²) in [5.41, 5.74) is 18.5. The summed E-state index contributed by atoms with van der Waals surface area (Å²) in [6, 6.07) is 37.9. The van der Waals surface area contributed by atoms with Crippen molar-refractivity contribution in [3.8, 4) is 44.5 Å². The third-order valence-corrected chi connectivity index (χ3v) is 14.5. The van der Waals surface area contributed by atoms with Crippen LogP contribution in [-0.4, -0.2) is 54.9 Å². The van der Waals surface area contributed by atoms with E-state index in [0.717, 1.165) is 38.5 Å². The number of ether oxygens (including phenoxy) is 4. The summed E-state index contributed by atoms with van der Waals surface area (Å²) in [6.07, 6.45) is 5.79. The minimum Gasteiger partial charge on any atom is -0.385 e. The predicted molar refractivity (Wildman–Crippen MR) is 242 cm³/mol. The molecule has 5 aromatic carbocycles. The molecule has 2 aliphatic rings. The molecule has 0 spiro atoms. The molecule has 0 saturated carbocycles. The summed E-state index contributed by atoms with van der Waals surface area (Å²) < 4.78 is 23.2. The summed E-state index contributed by atoms with van der Waals surface area (Å²) in [6.45, 7) is 16.7. The van der Waals surface area contributed by atoms with Gasteiger partial charge in [0.25, 0.3) is 0 Å². The van der Waals surface area contributed by atoms with Gasteiger partial charge in [0.15, 0.2) is 0 Å². The van der Waals surface area contributed by atoms with Crippen LogP contribution in [0.2, 0.25) is 0 Å². The van der Waals surface area contributed by atoms with Gasteiger partial charge in [-0.1, -0.05) is 126 Å². The van der Waals surface area contributed by atoms with E-state index in [2.05, 4.69) is 139 Å². The maximum atomic E-state index is 5.79. The van der Waals surface area contributed by atoms with Crippen molar-refractivity contribution in [1.82, 2.24) is 0 Å². The fourth-order valence-electron chi connectivity index (χ4n) is 9.89. The lowest BCUT2D eigenvalue weighted by atomic mass is 9.71. The van der Waals surface area contributed by atoms with Crippen LogP contribution >= 0.6 is 0 Å². The van der Waals surface area contributed by atoms with Crippen LogP contribution in [0.5, 0.6) is 0 Å². The van der Waals surface area contributed by atoms with Gasteiger partial charge in [0.05, 0.1) is 0 Å². The number of hydrogen-bond donors (Lipinski definition) is 0. The Morgan fingerprint density at radius 1 is 0.379 bits per heavy atom. The van der Waals surface area contributed by atoms with Gasteiger partial charge >= 0.3 is 0 Å².